The van der Waals surface area contributed by atoms with Gasteiger partial charge in [-0.05, 0) is 28.5 Å². The van der Waals surface area contributed by atoms with Crippen LogP contribution in [0.25, 0.3) is 22.0 Å². The molecule has 0 radical (unpaired) electrons. The monoisotopic (exact) mass is 341 g/mol. The van der Waals surface area contributed by atoms with E-state index in [1.54, 1.807) is 23.0 Å². The second-order valence-electron chi connectivity index (χ2n) is 6.05. The third-order valence-electron chi connectivity index (χ3n) is 4.32. The average molecular weight is 341 g/mol. The number of nitrogens with zero attached hydrogens (tertiary/aromatic N) is 5. The van der Waals surface area contributed by atoms with Crippen LogP contribution in [0.5, 0.6) is 0 Å². The molecule has 4 aromatic rings. The summed E-state index contributed by atoms with van der Waals surface area (Å²) in [4.78, 5) is 12.3. The number of benzene rings is 2. The van der Waals surface area contributed by atoms with Gasteiger partial charge >= 0.3 is 0 Å². The fraction of sp³-hybridized carbons (Fsp3) is 0.100. The van der Waals surface area contributed by atoms with Crippen LogP contribution in [-0.2, 0) is 13.6 Å². The third kappa shape index (κ3) is 2.76. The minimum absolute atomic E-state index is 0.175. The fourth-order valence-electron chi connectivity index (χ4n) is 3.03. The van der Waals surface area contributed by atoms with Gasteiger partial charge in [-0.2, -0.15) is 15.5 Å². The van der Waals surface area contributed by atoms with E-state index >= 15 is 0 Å². The molecule has 26 heavy (non-hydrogen) atoms. The molecule has 0 atom stereocenters. The molecule has 0 fully saturated rings. The Hall–Kier alpha value is -3.72. The van der Waals surface area contributed by atoms with E-state index in [0.717, 1.165) is 21.9 Å². The van der Waals surface area contributed by atoms with Crippen molar-refractivity contribution >= 4 is 10.8 Å². The van der Waals surface area contributed by atoms with Gasteiger partial charge in [-0.3, -0.25) is 9.48 Å². The minimum atomic E-state index is -0.175. The number of rotatable bonds is 3. The summed E-state index contributed by atoms with van der Waals surface area (Å²) in [6.45, 7) is 0.332. The number of fused-ring (bicyclic) bond motifs is 1. The van der Waals surface area contributed by atoms with Crippen LogP contribution in [0.1, 0.15) is 11.1 Å². The molecule has 2 heterocycles. The number of hydrogen-bond donors (Lipinski definition) is 0. The largest absolute Gasteiger partial charge is 0.275 e. The lowest BCUT2D eigenvalue weighted by atomic mass is 10.00. The molecule has 0 spiro atoms. The average Bonchev–Trinajstić information content (AvgIpc) is 3.10. The van der Waals surface area contributed by atoms with Crippen molar-refractivity contribution in [2.24, 2.45) is 7.05 Å². The lowest BCUT2D eigenvalue weighted by molar-refractivity contribution is 0.645. The molecule has 6 nitrogen and oxygen atoms in total. The van der Waals surface area contributed by atoms with Crippen molar-refractivity contribution < 1.29 is 0 Å². The SMILES string of the molecule is Cn1cc(-c2ccc(=O)n(Cc3ccc(C#N)c4ccccc34)n2)cn1. The molecule has 0 amide bonds. The zero-order valence-corrected chi connectivity index (χ0v) is 14.1. The van der Waals surface area contributed by atoms with Crippen molar-refractivity contribution in [2.75, 3.05) is 0 Å². The molecule has 0 aliphatic carbocycles. The minimum Gasteiger partial charge on any atom is -0.275 e. The summed E-state index contributed by atoms with van der Waals surface area (Å²) in [6.07, 6.45) is 3.57. The zero-order valence-electron chi connectivity index (χ0n) is 14.1. The highest BCUT2D eigenvalue weighted by Crippen LogP contribution is 2.23. The smallest absolute Gasteiger partial charge is 0.267 e. The van der Waals surface area contributed by atoms with E-state index in [0.29, 0.717) is 17.8 Å². The van der Waals surface area contributed by atoms with Crippen molar-refractivity contribution in [3.63, 3.8) is 0 Å². The second-order valence-corrected chi connectivity index (χ2v) is 6.05. The van der Waals surface area contributed by atoms with E-state index in [4.69, 9.17) is 0 Å². The summed E-state index contributed by atoms with van der Waals surface area (Å²) < 4.78 is 3.14. The highest BCUT2D eigenvalue weighted by molar-refractivity contribution is 5.90. The summed E-state index contributed by atoms with van der Waals surface area (Å²) >= 11 is 0. The molecule has 0 unspecified atom stereocenters. The van der Waals surface area contributed by atoms with Crippen LogP contribution in [0.2, 0.25) is 0 Å². The molecule has 2 aromatic carbocycles. The van der Waals surface area contributed by atoms with Crippen molar-refractivity contribution in [1.29, 1.82) is 5.26 Å². The summed E-state index contributed by atoms with van der Waals surface area (Å²) in [5.41, 5.74) is 2.93. The van der Waals surface area contributed by atoms with E-state index < -0.39 is 0 Å². The maximum Gasteiger partial charge on any atom is 0.267 e. The molecule has 126 valence electrons. The first-order valence-electron chi connectivity index (χ1n) is 8.13. The lowest BCUT2D eigenvalue weighted by Gasteiger charge is -2.10. The Kier molecular flexibility index (Phi) is 3.82. The summed E-state index contributed by atoms with van der Waals surface area (Å²) in [7, 11) is 1.84. The third-order valence-corrected chi connectivity index (χ3v) is 4.32. The van der Waals surface area contributed by atoms with Gasteiger partial charge in [-0.1, -0.05) is 30.3 Å². The summed E-state index contributed by atoms with van der Waals surface area (Å²) in [6, 6.07) is 16.8. The van der Waals surface area contributed by atoms with E-state index in [9.17, 15) is 10.1 Å². The second kappa shape index (κ2) is 6.30. The van der Waals surface area contributed by atoms with Crippen LogP contribution in [0.3, 0.4) is 0 Å². The van der Waals surface area contributed by atoms with Crippen LogP contribution in [0.4, 0.5) is 0 Å². The maximum absolute atomic E-state index is 12.3. The molecular weight excluding hydrogens is 326 g/mol. The molecule has 0 saturated carbocycles. The first kappa shape index (κ1) is 15.8. The Bertz CT molecular complexity index is 1210. The zero-order chi connectivity index (χ0) is 18.1. The van der Waals surface area contributed by atoms with E-state index in [1.165, 1.54) is 10.7 Å². The predicted octanol–water partition coefficient (Wildman–Crippen LogP) is 2.72. The van der Waals surface area contributed by atoms with Gasteiger partial charge in [0, 0.05) is 24.9 Å². The van der Waals surface area contributed by atoms with Crippen LogP contribution in [0.15, 0.2) is 65.7 Å². The molecule has 0 aliphatic rings. The van der Waals surface area contributed by atoms with E-state index in [1.807, 2.05) is 43.6 Å². The molecule has 0 saturated heterocycles. The van der Waals surface area contributed by atoms with Gasteiger partial charge in [0.1, 0.15) is 0 Å². The summed E-state index contributed by atoms with van der Waals surface area (Å²) in [5.74, 6) is 0. The van der Waals surface area contributed by atoms with Gasteiger partial charge < -0.3 is 0 Å². The first-order chi connectivity index (χ1) is 12.7. The topological polar surface area (TPSA) is 76.5 Å². The van der Waals surface area contributed by atoms with Crippen LogP contribution < -0.4 is 5.56 Å². The quantitative estimate of drug-likeness (QED) is 0.574. The predicted molar refractivity (Wildman–Crippen MR) is 98.5 cm³/mol. The van der Waals surface area contributed by atoms with Crippen LogP contribution >= 0.6 is 0 Å². The van der Waals surface area contributed by atoms with Crippen LogP contribution in [0, 0.1) is 11.3 Å². The lowest BCUT2D eigenvalue weighted by Crippen LogP contribution is -2.23. The molecule has 0 N–H and O–H groups in total. The summed E-state index contributed by atoms with van der Waals surface area (Å²) in [5, 5.41) is 19.8. The van der Waals surface area contributed by atoms with Gasteiger partial charge in [-0.15, -0.1) is 0 Å². The van der Waals surface area contributed by atoms with E-state index in [-0.39, 0.29) is 5.56 Å². The normalized spacial score (nSPS) is 10.8. The Balaban J connectivity index is 1.80. The highest BCUT2D eigenvalue weighted by Gasteiger charge is 2.09. The Labute approximate surface area is 149 Å². The first-order valence-corrected chi connectivity index (χ1v) is 8.13. The Morgan fingerprint density at radius 2 is 1.88 bits per heavy atom. The van der Waals surface area contributed by atoms with Gasteiger partial charge in [0.05, 0.1) is 30.1 Å². The Morgan fingerprint density at radius 3 is 2.62 bits per heavy atom. The number of hydrogen-bond acceptors (Lipinski definition) is 4. The van der Waals surface area contributed by atoms with Crippen molar-refractivity contribution in [3.8, 4) is 17.3 Å². The standard InChI is InChI=1S/C20H15N5O/c1-24-12-16(11-22-24)19-8-9-20(26)25(23-19)13-15-7-6-14(10-21)17-4-2-3-5-18(15)17/h2-9,11-12H,13H2,1H3. The van der Waals surface area contributed by atoms with Gasteiger partial charge in [-0.25, -0.2) is 4.68 Å². The Morgan fingerprint density at radius 1 is 1.08 bits per heavy atom. The number of nitriles is 1. The maximum atomic E-state index is 12.3. The molecule has 6 heteroatoms. The van der Waals surface area contributed by atoms with Crippen molar-refractivity contribution in [2.45, 2.75) is 6.54 Å². The molecular formula is C20H15N5O. The van der Waals surface area contributed by atoms with Crippen molar-refractivity contribution in [3.05, 3.63) is 82.4 Å². The van der Waals surface area contributed by atoms with Gasteiger partial charge in [0.15, 0.2) is 0 Å². The molecule has 0 aliphatic heterocycles. The number of aryl methyl sites for hydroxylation is 1. The van der Waals surface area contributed by atoms with Gasteiger partial charge in [0.25, 0.3) is 5.56 Å². The van der Waals surface area contributed by atoms with Gasteiger partial charge in [0.2, 0.25) is 0 Å². The molecule has 4 rings (SSSR count). The molecule has 0 bridgehead atoms. The molecule has 2 aromatic heterocycles. The van der Waals surface area contributed by atoms with Crippen LogP contribution in [-0.4, -0.2) is 19.6 Å². The number of aromatic nitrogens is 4. The highest BCUT2D eigenvalue weighted by atomic mass is 16.1. The fourth-order valence-corrected chi connectivity index (χ4v) is 3.03. The van der Waals surface area contributed by atoms with E-state index in [2.05, 4.69) is 16.3 Å². The van der Waals surface area contributed by atoms with Crippen molar-refractivity contribution in [1.82, 2.24) is 19.6 Å².